The molecule has 5 nitrogen and oxygen atoms in total. The highest BCUT2D eigenvalue weighted by molar-refractivity contribution is 8.01. The van der Waals surface area contributed by atoms with Crippen LogP contribution >= 0.6 is 34.4 Å². The molecule has 0 unspecified atom stereocenters. The average Bonchev–Trinajstić information content (AvgIpc) is 3.28. The molecule has 0 aliphatic heterocycles. The molecule has 1 aromatic carbocycles. The average molecular weight is 413 g/mol. The van der Waals surface area contributed by atoms with Crippen LogP contribution in [0.15, 0.2) is 53.1 Å². The van der Waals surface area contributed by atoms with E-state index < -0.39 is 0 Å². The fourth-order valence-electron chi connectivity index (χ4n) is 2.47. The Balaban J connectivity index is 1.33. The van der Waals surface area contributed by atoms with Crippen molar-refractivity contribution in [1.82, 2.24) is 20.3 Å². The topological polar surface area (TPSA) is 67.8 Å². The summed E-state index contributed by atoms with van der Waals surface area (Å²) in [5, 5.41) is 3.91. The lowest BCUT2D eigenvalue weighted by Gasteiger charge is -2.02. The van der Waals surface area contributed by atoms with Crippen molar-refractivity contribution in [2.75, 3.05) is 5.75 Å². The van der Waals surface area contributed by atoms with Gasteiger partial charge in [-0.3, -0.25) is 9.78 Å². The molecule has 1 N–H and O–H groups in total. The Hall–Kier alpha value is -2.29. The smallest absolute Gasteiger partial charge is 0.230 e. The SMILES string of the molecule is Cc1nc(-c2cccnc2)sc1CNC(=O)CSc1nc2ccccc2s1. The summed E-state index contributed by atoms with van der Waals surface area (Å²) in [7, 11) is 0. The summed E-state index contributed by atoms with van der Waals surface area (Å²) >= 11 is 4.67. The van der Waals surface area contributed by atoms with Gasteiger partial charge in [-0.1, -0.05) is 23.9 Å². The zero-order valence-electron chi connectivity index (χ0n) is 14.5. The molecule has 0 fully saturated rings. The quantitative estimate of drug-likeness (QED) is 0.471. The molecule has 0 saturated heterocycles. The van der Waals surface area contributed by atoms with Crippen molar-refractivity contribution in [2.45, 2.75) is 17.8 Å². The first-order valence-corrected chi connectivity index (χ1v) is 10.9. The van der Waals surface area contributed by atoms with Gasteiger partial charge in [0.15, 0.2) is 4.34 Å². The number of para-hydroxylation sites is 1. The molecule has 0 spiro atoms. The summed E-state index contributed by atoms with van der Waals surface area (Å²) in [5.41, 5.74) is 2.92. The lowest BCUT2D eigenvalue weighted by Crippen LogP contribution is -2.24. The molecule has 0 radical (unpaired) electrons. The zero-order chi connectivity index (χ0) is 18.6. The Morgan fingerprint density at radius 2 is 2.04 bits per heavy atom. The van der Waals surface area contributed by atoms with Crippen LogP contribution < -0.4 is 5.32 Å². The number of carbonyl (C=O) groups is 1. The van der Waals surface area contributed by atoms with Crippen molar-refractivity contribution < 1.29 is 4.79 Å². The maximum Gasteiger partial charge on any atom is 0.230 e. The molecule has 3 heterocycles. The van der Waals surface area contributed by atoms with Crippen LogP contribution in [0.1, 0.15) is 10.6 Å². The maximum atomic E-state index is 12.2. The first kappa shape index (κ1) is 18.1. The number of nitrogens with one attached hydrogen (secondary N) is 1. The Labute approximate surface area is 168 Å². The molecule has 3 aromatic heterocycles. The van der Waals surface area contributed by atoms with Crippen LogP contribution in [0.2, 0.25) is 0 Å². The molecule has 0 bridgehead atoms. The molecule has 4 rings (SSSR count). The van der Waals surface area contributed by atoms with Gasteiger partial charge < -0.3 is 5.32 Å². The van der Waals surface area contributed by atoms with E-state index in [4.69, 9.17) is 0 Å². The number of carbonyl (C=O) groups excluding carboxylic acids is 1. The molecule has 0 aliphatic rings. The van der Waals surface area contributed by atoms with Gasteiger partial charge in [0.1, 0.15) is 5.01 Å². The number of benzene rings is 1. The van der Waals surface area contributed by atoms with Gasteiger partial charge in [-0.05, 0) is 31.2 Å². The molecule has 4 aromatic rings. The number of hydrogen-bond acceptors (Lipinski definition) is 7. The monoisotopic (exact) mass is 412 g/mol. The van der Waals surface area contributed by atoms with Crippen LogP contribution in [0.4, 0.5) is 0 Å². The molecule has 0 saturated carbocycles. The second kappa shape index (κ2) is 8.16. The van der Waals surface area contributed by atoms with E-state index in [1.54, 1.807) is 35.1 Å². The number of nitrogens with zero attached hydrogens (tertiary/aromatic N) is 3. The third-order valence-corrected chi connectivity index (χ3v) is 7.23. The van der Waals surface area contributed by atoms with E-state index in [1.165, 1.54) is 11.8 Å². The second-order valence-electron chi connectivity index (χ2n) is 5.78. The lowest BCUT2D eigenvalue weighted by molar-refractivity contribution is -0.118. The number of pyridine rings is 1. The number of hydrogen-bond donors (Lipinski definition) is 1. The van der Waals surface area contributed by atoms with Crippen LogP contribution in [-0.4, -0.2) is 26.6 Å². The van der Waals surface area contributed by atoms with Crippen LogP contribution in [-0.2, 0) is 11.3 Å². The van der Waals surface area contributed by atoms with Crippen molar-refractivity contribution in [1.29, 1.82) is 0 Å². The Morgan fingerprint density at radius 1 is 1.15 bits per heavy atom. The van der Waals surface area contributed by atoms with Crippen LogP contribution in [0.5, 0.6) is 0 Å². The highest BCUT2D eigenvalue weighted by Crippen LogP contribution is 2.29. The van der Waals surface area contributed by atoms with E-state index in [1.807, 2.05) is 43.3 Å². The molecule has 136 valence electrons. The van der Waals surface area contributed by atoms with E-state index in [9.17, 15) is 4.79 Å². The van der Waals surface area contributed by atoms with Gasteiger partial charge in [0.2, 0.25) is 5.91 Å². The first-order valence-electron chi connectivity index (χ1n) is 8.31. The fourth-order valence-corrected chi connectivity index (χ4v) is 5.37. The number of rotatable bonds is 6. The second-order valence-corrected chi connectivity index (χ2v) is 9.12. The predicted octanol–water partition coefficient (Wildman–Crippen LogP) is 4.53. The summed E-state index contributed by atoms with van der Waals surface area (Å²) in [6.45, 7) is 2.46. The highest BCUT2D eigenvalue weighted by atomic mass is 32.2. The third-order valence-electron chi connectivity index (χ3n) is 3.85. The molecule has 0 atom stereocenters. The van der Waals surface area contributed by atoms with Crippen LogP contribution in [0.25, 0.3) is 20.8 Å². The minimum absolute atomic E-state index is 0.00464. The van der Waals surface area contributed by atoms with E-state index >= 15 is 0 Å². The normalized spacial score (nSPS) is 11.0. The number of thiazole rings is 2. The van der Waals surface area contributed by atoms with Gasteiger partial charge in [-0.2, -0.15) is 0 Å². The number of aromatic nitrogens is 3. The fraction of sp³-hybridized carbons (Fsp3) is 0.158. The van der Waals surface area contributed by atoms with E-state index in [0.29, 0.717) is 12.3 Å². The van der Waals surface area contributed by atoms with Gasteiger partial charge in [-0.25, -0.2) is 9.97 Å². The van der Waals surface area contributed by atoms with Crippen LogP contribution in [0, 0.1) is 6.92 Å². The van der Waals surface area contributed by atoms with Gasteiger partial charge in [0.25, 0.3) is 0 Å². The molecule has 27 heavy (non-hydrogen) atoms. The van der Waals surface area contributed by atoms with E-state index in [-0.39, 0.29) is 5.91 Å². The highest BCUT2D eigenvalue weighted by Gasteiger charge is 2.12. The van der Waals surface area contributed by atoms with E-state index in [0.717, 1.165) is 35.7 Å². The largest absolute Gasteiger partial charge is 0.350 e. The maximum absolute atomic E-state index is 12.2. The summed E-state index contributed by atoms with van der Waals surface area (Å²) in [6.07, 6.45) is 3.55. The van der Waals surface area contributed by atoms with E-state index in [2.05, 4.69) is 20.3 Å². The standard InChI is InChI=1S/C19H16N4OS3/c1-12-16(26-18(22-12)13-5-4-8-20-9-13)10-21-17(24)11-25-19-23-14-6-2-3-7-15(14)27-19/h2-9H,10-11H2,1H3,(H,21,24). The van der Waals surface area contributed by atoms with Crippen molar-refractivity contribution in [3.63, 3.8) is 0 Å². The Bertz CT molecular complexity index is 1040. The van der Waals surface area contributed by atoms with Crippen molar-refractivity contribution in [3.8, 4) is 10.6 Å². The van der Waals surface area contributed by atoms with Gasteiger partial charge in [-0.15, -0.1) is 22.7 Å². The summed E-state index contributed by atoms with van der Waals surface area (Å²) < 4.78 is 2.06. The Kier molecular flexibility index (Phi) is 5.47. The molecule has 0 aliphatic carbocycles. The number of aryl methyl sites for hydroxylation is 1. The Morgan fingerprint density at radius 3 is 2.85 bits per heavy atom. The number of fused-ring (bicyclic) bond motifs is 1. The number of thioether (sulfide) groups is 1. The molecular formula is C19H16N4OS3. The summed E-state index contributed by atoms with van der Waals surface area (Å²) in [6, 6.07) is 11.9. The van der Waals surface area contributed by atoms with Crippen LogP contribution in [0.3, 0.4) is 0 Å². The molecule has 1 amide bonds. The van der Waals surface area contributed by atoms with Crippen molar-refractivity contribution >= 4 is 50.6 Å². The summed E-state index contributed by atoms with van der Waals surface area (Å²) in [4.78, 5) is 26.5. The molecule has 8 heteroatoms. The predicted molar refractivity (Wildman–Crippen MR) is 112 cm³/mol. The van der Waals surface area contributed by atoms with Crippen molar-refractivity contribution in [3.05, 3.63) is 59.4 Å². The minimum atomic E-state index is -0.00464. The van der Waals surface area contributed by atoms with Gasteiger partial charge in [0.05, 0.1) is 28.2 Å². The lowest BCUT2D eigenvalue weighted by atomic mass is 10.3. The zero-order valence-corrected chi connectivity index (χ0v) is 17.0. The first-order chi connectivity index (χ1) is 13.2. The van der Waals surface area contributed by atoms with Gasteiger partial charge >= 0.3 is 0 Å². The van der Waals surface area contributed by atoms with Gasteiger partial charge in [0, 0.05) is 22.8 Å². The van der Waals surface area contributed by atoms with Crippen molar-refractivity contribution in [2.24, 2.45) is 0 Å². The minimum Gasteiger partial charge on any atom is -0.350 e. The number of amides is 1. The molecular weight excluding hydrogens is 396 g/mol. The third kappa shape index (κ3) is 4.35. The summed E-state index contributed by atoms with van der Waals surface area (Å²) in [5.74, 6) is 0.350.